The summed E-state index contributed by atoms with van der Waals surface area (Å²) in [5.41, 5.74) is 6.97. The number of anilines is 2. The third-order valence-corrected chi connectivity index (χ3v) is 4.06. The molecule has 0 spiro atoms. The van der Waals surface area contributed by atoms with Crippen molar-refractivity contribution in [2.24, 2.45) is 0 Å². The highest BCUT2D eigenvalue weighted by Gasteiger charge is 2.09. The van der Waals surface area contributed by atoms with E-state index in [2.05, 4.69) is 15.3 Å². The van der Waals surface area contributed by atoms with Crippen LogP contribution in [0.3, 0.4) is 0 Å². The van der Waals surface area contributed by atoms with Crippen molar-refractivity contribution in [2.45, 2.75) is 25.5 Å². The first-order valence-corrected chi connectivity index (χ1v) is 7.27. The van der Waals surface area contributed by atoms with Crippen LogP contribution in [0.4, 0.5) is 11.5 Å². The molecular formula is C10H17ClN4OS. The number of nitrogens with two attached hydrogens (primary N) is 1. The van der Waals surface area contributed by atoms with Gasteiger partial charge in [0.25, 0.3) is 0 Å². The molecule has 0 aliphatic carbocycles. The molecule has 2 atom stereocenters. The average molecular weight is 277 g/mol. The lowest BCUT2D eigenvalue weighted by Crippen LogP contribution is -2.16. The summed E-state index contributed by atoms with van der Waals surface area (Å²) >= 11 is 5.75. The molecule has 0 aliphatic heterocycles. The number of hydrogen-bond acceptors (Lipinski definition) is 5. The second-order valence-corrected chi connectivity index (χ2v) is 6.00. The Bertz CT molecular complexity index is 427. The molecule has 1 aromatic heterocycles. The minimum absolute atomic E-state index is 0.141. The number of nitrogens with one attached hydrogen (secondary N) is 1. The maximum absolute atomic E-state index is 11.2. The van der Waals surface area contributed by atoms with Crippen LogP contribution in [-0.2, 0) is 10.8 Å². The molecule has 1 heterocycles. The van der Waals surface area contributed by atoms with Gasteiger partial charge in [0.1, 0.15) is 0 Å². The van der Waals surface area contributed by atoms with Crippen LogP contribution >= 0.6 is 11.6 Å². The first-order chi connectivity index (χ1) is 7.91. The van der Waals surface area contributed by atoms with E-state index in [-0.39, 0.29) is 10.5 Å². The Balaban J connectivity index is 2.61. The maximum Gasteiger partial charge on any atom is 0.224 e. The fraction of sp³-hybridized carbons (Fsp3) is 0.600. The summed E-state index contributed by atoms with van der Waals surface area (Å²) in [6.07, 6.45) is 2.48. The summed E-state index contributed by atoms with van der Waals surface area (Å²) < 4.78 is 11.2. The number of rotatable bonds is 5. The second-order valence-electron chi connectivity index (χ2n) is 3.86. The van der Waals surface area contributed by atoms with Crippen molar-refractivity contribution in [1.29, 1.82) is 0 Å². The molecule has 0 saturated carbocycles. The molecule has 1 rings (SSSR count). The number of aromatic nitrogens is 2. The molecule has 5 nitrogen and oxygen atoms in total. The van der Waals surface area contributed by atoms with E-state index in [1.54, 1.807) is 13.2 Å². The van der Waals surface area contributed by atoms with Crippen molar-refractivity contribution in [2.75, 3.05) is 23.9 Å². The Morgan fingerprint density at radius 1 is 1.53 bits per heavy atom. The number of aryl methyl sites for hydroxylation is 1. The van der Waals surface area contributed by atoms with Crippen molar-refractivity contribution in [3.8, 4) is 0 Å². The van der Waals surface area contributed by atoms with Gasteiger partial charge in [-0.25, -0.2) is 4.98 Å². The third-order valence-electron chi connectivity index (χ3n) is 2.52. The monoisotopic (exact) mass is 276 g/mol. The van der Waals surface area contributed by atoms with E-state index in [1.165, 1.54) is 0 Å². The molecule has 3 N–H and O–H groups in total. The van der Waals surface area contributed by atoms with E-state index in [9.17, 15) is 4.21 Å². The number of halogens is 1. The van der Waals surface area contributed by atoms with Crippen LogP contribution in [0.5, 0.6) is 0 Å². The topological polar surface area (TPSA) is 80.9 Å². The van der Waals surface area contributed by atoms with Crippen molar-refractivity contribution >= 4 is 33.9 Å². The molecule has 0 radical (unpaired) electrons. The summed E-state index contributed by atoms with van der Waals surface area (Å²) in [5.74, 6) is 0.539. The highest BCUT2D eigenvalue weighted by Crippen LogP contribution is 2.20. The van der Waals surface area contributed by atoms with E-state index in [0.29, 0.717) is 23.7 Å². The van der Waals surface area contributed by atoms with Crippen molar-refractivity contribution < 1.29 is 4.21 Å². The molecule has 0 aliphatic rings. The van der Waals surface area contributed by atoms with Gasteiger partial charge in [-0.3, -0.25) is 4.21 Å². The largest absolute Gasteiger partial charge is 0.394 e. The fourth-order valence-electron chi connectivity index (χ4n) is 1.24. The maximum atomic E-state index is 11.2. The van der Waals surface area contributed by atoms with E-state index in [4.69, 9.17) is 17.3 Å². The van der Waals surface area contributed by atoms with Gasteiger partial charge in [-0.1, -0.05) is 6.92 Å². The summed E-state index contributed by atoms with van der Waals surface area (Å²) in [6, 6.07) is 0. The van der Waals surface area contributed by atoms with E-state index < -0.39 is 10.8 Å². The van der Waals surface area contributed by atoms with Gasteiger partial charge in [0, 0.05) is 28.9 Å². The SMILES string of the molecule is Cc1nc(Cl)nc(NCCC(C)S(C)=O)c1N. The van der Waals surface area contributed by atoms with Gasteiger partial charge in [-0.05, 0) is 24.9 Å². The van der Waals surface area contributed by atoms with Crippen molar-refractivity contribution in [1.82, 2.24) is 9.97 Å². The zero-order chi connectivity index (χ0) is 13.0. The first-order valence-electron chi connectivity index (χ1n) is 5.27. The van der Waals surface area contributed by atoms with Crippen LogP contribution < -0.4 is 11.1 Å². The molecular weight excluding hydrogens is 260 g/mol. The molecule has 0 fully saturated rings. The van der Waals surface area contributed by atoms with Crippen LogP contribution in [0.1, 0.15) is 19.0 Å². The zero-order valence-corrected chi connectivity index (χ0v) is 11.7. The fourth-order valence-corrected chi connectivity index (χ4v) is 1.90. The molecule has 17 heavy (non-hydrogen) atoms. The predicted molar refractivity (Wildman–Crippen MR) is 72.8 cm³/mol. The normalized spacial score (nSPS) is 14.4. The van der Waals surface area contributed by atoms with Crippen LogP contribution in [0, 0.1) is 6.92 Å². The number of hydrogen-bond donors (Lipinski definition) is 2. The molecule has 1 aromatic rings. The highest BCUT2D eigenvalue weighted by atomic mass is 35.5. The lowest BCUT2D eigenvalue weighted by atomic mass is 10.3. The van der Waals surface area contributed by atoms with Gasteiger partial charge in [0.2, 0.25) is 5.28 Å². The third kappa shape index (κ3) is 4.12. The lowest BCUT2D eigenvalue weighted by Gasteiger charge is -2.12. The first kappa shape index (κ1) is 14.2. The Morgan fingerprint density at radius 2 is 2.18 bits per heavy atom. The number of nitrogens with zero attached hydrogens (tertiary/aromatic N) is 2. The smallest absolute Gasteiger partial charge is 0.224 e. The van der Waals surface area contributed by atoms with E-state index in [1.807, 2.05) is 6.92 Å². The minimum atomic E-state index is -0.812. The molecule has 0 amide bonds. The predicted octanol–water partition coefficient (Wildman–Crippen LogP) is 1.59. The average Bonchev–Trinajstić information content (AvgIpc) is 2.24. The van der Waals surface area contributed by atoms with Crippen LogP contribution in [-0.4, -0.2) is 32.2 Å². The van der Waals surface area contributed by atoms with E-state index >= 15 is 0 Å². The molecule has 0 saturated heterocycles. The van der Waals surface area contributed by atoms with Crippen LogP contribution in [0.2, 0.25) is 5.28 Å². The van der Waals surface area contributed by atoms with Gasteiger partial charge in [0.05, 0.1) is 11.4 Å². The quantitative estimate of drug-likeness (QED) is 0.798. The van der Waals surface area contributed by atoms with Crippen molar-refractivity contribution in [3.05, 3.63) is 11.0 Å². The van der Waals surface area contributed by atoms with Crippen LogP contribution in [0.15, 0.2) is 0 Å². The molecule has 0 bridgehead atoms. The number of nitrogen functional groups attached to an aromatic ring is 1. The van der Waals surface area contributed by atoms with Crippen LogP contribution in [0.25, 0.3) is 0 Å². The van der Waals surface area contributed by atoms with Gasteiger partial charge in [0.15, 0.2) is 5.82 Å². The zero-order valence-electron chi connectivity index (χ0n) is 10.2. The standard InChI is InChI=1S/C10H17ClN4OS/c1-6(17(3)16)4-5-13-9-8(12)7(2)14-10(11)15-9/h6H,4-5,12H2,1-3H3,(H,13,14,15). The van der Waals surface area contributed by atoms with Gasteiger partial charge in [-0.15, -0.1) is 0 Å². The van der Waals surface area contributed by atoms with Gasteiger partial charge < -0.3 is 11.1 Å². The molecule has 7 heteroatoms. The highest BCUT2D eigenvalue weighted by molar-refractivity contribution is 7.84. The Morgan fingerprint density at radius 3 is 2.76 bits per heavy atom. The molecule has 96 valence electrons. The Labute approximate surface area is 109 Å². The summed E-state index contributed by atoms with van der Waals surface area (Å²) in [5, 5.41) is 3.40. The van der Waals surface area contributed by atoms with Gasteiger partial charge in [-0.2, -0.15) is 4.98 Å². The lowest BCUT2D eigenvalue weighted by molar-refractivity contribution is 0.672. The molecule has 0 aromatic carbocycles. The minimum Gasteiger partial charge on any atom is -0.394 e. The van der Waals surface area contributed by atoms with Crippen molar-refractivity contribution in [3.63, 3.8) is 0 Å². The Kier molecular flexibility index (Phi) is 5.14. The Hall–Kier alpha value is -0.880. The molecule has 2 unspecified atom stereocenters. The summed E-state index contributed by atoms with van der Waals surface area (Å²) in [4.78, 5) is 7.96. The summed E-state index contributed by atoms with van der Waals surface area (Å²) in [6.45, 7) is 4.37. The summed E-state index contributed by atoms with van der Waals surface area (Å²) in [7, 11) is -0.812. The second kappa shape index (κ2) is 6.16. The van der Waals surface area contributed by atoms with E-state index in [0.717, 1.165) is 6.42 Å². The van der Waals surface area contributed by atoms with Gasteiger partial charge >= 0.3 is 0 Å².